The lowest BCUT2D eigenvalue weighted by molar-refractivity contribution is 0.280. The monoisotopic (exact) mass is 537 g/mol. The van der Waals surface area contributed by atoms with Gasteiger partial charge >= 0.3 is 0 Å². The number of benzene rings is 3. The van der Waals surface area contributed by atoms with E-state index in [9.17, 15) is 4.39 Å². The average Bonchev–Trinajstić information content (AvgIpc) is 2.82. The van der Waals surface area contributed by atoms with Gasteiger partial charge in [0, 0.05) is 22.1 Å². The summed E-state index contributed by atoms with van der Waals surface area (Å²) in [7, 11) is 4.84. The van der Waals surface area contributed by atoms with Crippen LogP contribution in [0.3, 0.4) is 0 Å². The van der Waals surface area contributed by atoms with Gasteiger partial charge < -0.3 is 24.3 Å². The normalized spacial score (nSPS) is 10.7. The quantitative estimate of drug-likeness (QED) is 0.296. The molecule has 176 valence electrons. The first-order valence-electron chi connectivity index (χ1n) is 10.3. The summed E-state index contributed by atoms with van der Waals surface area (Å²) in [6.07, 6.45) is 0.809. The van der Waals surface area contributed by atoms with Gasteiger partial charge in [0.2, 0.25) is 0 Å². The van der Waals surface area contributed by atoms with E-state index in [2.05, 4.69) is 21.2 Å². The molecule has 3 aromatic rings. The van der Waals surface area contributed by atoms with Gasteiger partial charge in [-0.2, -0.15) is 0 Å². The number of ether oxygens (including phenoxy) is 4. The van der Waals surface area contributed by atoms with E-state index >= 15 is 0 Å². The number of hydrogen-bond donors (Lipinski definition) is 1. The van der Waals surface area contributed by atoms with Gasteiger partial charge in [0.25, 0.3) is 0 Å². The summed E-state index contributed by atoms with van der Waals surface area (Å²) in [5, 5.41) is 3.77. The van der Waals surface area contributed by atoms with Gasteiger partial charge in [-0.05, 0) is 54.9 Å². The maximum atomic E-state index is 13.3. The van der Waals surface area contributed by atoms with Crippen molar-refractivity contribution in [2.45, 2.75) is 19.6 Å². The van der Waals surface area contributed by atoms with Crippen LogP contribution < -0.4 is 24.3 Å². The Morgan fingerprint density at radius 3 is 2.33 bits per heavy atom. The Hall–Kier alpha value is -2.48. The van der Waals surface area contributed by atoms with Crippen LogP contribution in [0.2, 0.25) is 5.02 Å². The van der Waals surface area contributed by atoms with Crippen LogP contribution in [0.15, 0.2) is 53.0 Å². The predicted molar refractivity (Wildman–Crippen MR) is 131 cm³/mol. The molecule has 3 aromatic carbocycles. The second-order valence-corrected chi connectivity index (χ2v) is 8.46. The van der Waals surface area contributed by atoms with Crippen molar-refractivity contribution in [2.75, 3.05) is 27.9 Å². The zero-order valence-corrected chi connectivity index (χ0v) is 21.1. The summed E-state index contributed by atoms with van der Waals surface area (Å²) in [6, 6.07) is 13.9. The highest BCUT2D eigenvalue weighted by atomic mass is 79.9. The fourth-order valence-corrected chi connectivity index (χ4v) is 4.01. The van der Waals surface area contributed by atoms with Crippen molar-refractivity contribution in [1.82, 2.24) is 5.32 Å². The second kappa shape index (κ2) is 12.1. The topological polar surface area (TPSA) is 49.0 Å². The molecule has 0 aliphatic heterocycles. The molecule has 0 saturated heterocycles. The smallest absolute Gasteiger partial charge is 0.167 e. The third kappa shape index (κ3) is 6.53. The first-order chi connectivity index (χ1) is 16.0. The molecule has 0 fully saturated rings. The van der Waals surface area contributed by atoms with Crippen molar-refractivity contribution < 1.29 is 23.3 Å². The minimum Gasteiger partial charge on any atom is -0.493 e. The maximum Gasteiger partial charge on any atom is 0.167 e. The lowest BCUT2D eigenvalue weighted by Gasteiger charge is -2.18. The highest BCUT2D eigenvalue weighted by Crippen LogP contribution is 2.37. The highest BCUT2D eigenvalue weighted by molar-refractivity contribution is 9.10. The molecule has 5 nitrogen and oxygen atoms in total. The molecule has 0 aliphatic carbocycles. The number of nitrogens with one attached hydrogen (secondary N) is 1. The van der Waals surface area contributed by atoms with E-state index in [-0.39, 0.29) is 12.4 Å². The summed E-state index contributed by atoms with van der Waals surface area (Å²) in [5.74, 6) is 2.24. The lowest BCUT2D eigenvalue weighted by atomic mass is 10.1. The van der Waals surface area contributed by atoms with Crippen LogP contribution in [0.4, 0.5) is 4.39 Å². The molecule has 0 aromatic heterocycles. The SMILES string of the molecule is COc1ccc(CCNCc2c(Br)ccc(OC)c2OCc2ccc(F)cc2Cl)cc1OC. The lowest BCUT2D eigenvalue weighted by Crippen LogP contribution is -2.18. The minimum atomic E-state index is -0.386. The Labute approximate surface area is 206 Å². The third-order valence-corrected chi connectivity index (χ3v) is 6.21. The molecule has 0 radical (unpaired) electrons. The number of hydrogen-bond acceptors (Lipinski definition) is 5. The Kier molecular flexibility index (Phi) is 9.23. The molecule has 0 spiro atoms. The molecule has 0 bridgehead atoms. The van der Waals surface area contributed by atoms with Crippen LogP contribution in [-0.4, -0.2) is 27.9 Å². The maximum absolute atomic E-state index is 13.3. The molecule has 33 heavy (non-hydrogen) atoms. The van der Waals surface area contributed by atoms with E-state index < -0.39 is 0 Å². The van der Waals surface area contributed by atoms with E-state index in [1.165, 1.54) is 12.1 Å². The first kappa shape index (κ1) is 25.1. The molecule has 0 unspecified atom stereocenters. The van der Waals surface area contributed by atoms with E-state index in [1.54, 1.807) is 27.4 Å². The van der Waals surface area contributed by atoms with Crippen LogP contribution >= 0.6 is 27.5 Å². The number of rotatable bonds is 11. The average molecular weight is 539 g/mol. The van der Waals surface area contributed by atoms with Crippen molar-refractivity contribution in [3.05, 3.63) is 80.5 Å². The predicted octanol–water partition coefficient (Wildman–Crippen LogP) is 6.18. The fourth-order valence-electron chi connectivity index (χ4n) is 3.34. The van der Waals surface area contributed by atoms with Crippen LogP contribution in [0, 0.1) is 5.82 Å². The van der Waals surface area contributed by atoms with Gasteiger partial charge in [0.15, 0.2) is 23.0 Å². The van der Waals surface area contributed by atoms with Crippen LogP contribution in [0.5, 0.6) is 23.0 Å². The summed E-state index contributed by atoms with van der Waals surface area (Å²) in [5.41, 5.74) is 2.74. The molecule has 0 aliphatic rings. The van der Waals surface area contributed by atoms with Crippen LogP contribution in [0.1, 0.15) is 16.7 Å². The van der Waals surface area contributed by atoms with Crippen LogP contribution in [-0.2, 0) is 19.6 Å². The van der Waals surface area contributed by atoms with Gasteiger partial charge in [0.1, 0.15) is 12.4 Å². The molecule has 0 heterocycles. The minimum absolute atomic E-state index is 0.185. The fraction of sp³-hybridized carbons (Fsp3) is 0.280. The molecule has 0 amide bonds. The zero-order valence-electron chi connectivity index (χ0n) is 18.7. The first-order valence-corrected chi connectivity index (χ1v) is 11.5. The van der Waals surface area contributed by atoms with Crippen molar-refractivity contribution in [3.63, 3.8) is 0 Å². The molecule has 1 N–H and O–H groups in total. The van der Waals surface area contributed by atoms with Crippen molar-refractivity contribution in [2.24, 2.45) is 0 Å². The van der Waals surface area contributed by atoms with Crippen molar-refractivity contribution in [3.8, 4) is 23.0 Å². The Morgan fingerprint density at radius 1 is 0.909 bits per heavy atom. The second-order valence-electron chi connectivity index (χ2n) is 7.20. The standard InChI is InChI=1S/C25H26BrClFNO4/c1-30-22-8-4-16(12-24(22)32-3)10-11-29-14-19-20(26)7-9-23(31-2)25(19)33-15-17-5-6-18(28)13-21(17)27/h4-9,12-13,29H,10-11,14-15H2,1-3H3. The van der Waals surface area contributed by atoms with E-state index in [0.717, 1.165) is 28.6 Å². The Balaban J connectivity index is 1.68. The summed E-state index contributed by atoms with van der Waals surface area (Å²) >= 11 is 9.76. The molecule has 3 rings (SSSR count). The van der Waals surface area contributed by atoms with Crippen molar-refractivity contribution >= 4 is 27.5 Å². The largest absolute Gasteiger partial charge is 0.493 e. The highest BCUT2D eigenvalue weighted by Gasteiger charge is 2.16. The van der Waals surface area contributed by atoms with E-state index in [0.29, 0.717) is 40.1 Å². The number of halogens is 3. The van der Waals surface area contributed by atoms with Crippen molar-refractivity contribution in [1.29, 1.82) is 0 Å². The summed E-state index contributed by atoms with van der Waals surface area (Å²) in [4.78, 5) is 0. The van der Waals surface area contributed by atoms with Crippen LogP contribution in [0.25, 0.3) is 0 Å². The Bertz CT molecular complexity index is 1100. The zero-order chi connectivity index (χ0) is 23.8. The van der Waals surface area contributed by atoms with Gasteiger partial charge in [-0.3, -0.25) is 0 Å². The molecule has 0 saturated carbocycles. The van der Waals surface area contributed by atoms with E-state index in [4.69, 9.17) is 30.5 Å². The summed E-state index contributed by atoms with van der Waals surface area (Å²) in [6.45, 7) is 1.48. The number of methoxy groups -OCH3 is 3. The summed E-state index contributed by atoms with van der Waals surface area (Å²) < 4.78 is 36.5. The third-order valence-electron chi connectivity index (χ3n) is 5.11. The molecular formula is C25H26BrClFNO4. The molecular weight excluding hydrogens is 513 g/mol. The van der Waals surface area contributed by atoms with Gasteiger partial charge in [-0.25, -0.2) is 4.39 Å². The van der Waals surface area contributed by atoms with Gasteiger partial charge in [-0.1, -0.05) is 39.7 Å². The van der Waals surface area contributed by atoms with E-state index in [1.807, 2.05) is 30.3 Å². The van der Waals surface area contributed by atoms with Gasteiger partial charge in [0.05, 0.1) is 26.4 Å². The molecule has 0 atom stereocenters. The molecule has 8 heteroatoms. The van der Waals surface area contributed by atoms with Gasteiger partial charge in [-0.15, -0.1) is 0 Å². The Morgan fingerprint density at radius 2 is 1.64 bits per heavy atom.